The van der Waals surface area contributed by atoms with E-state index in [1.807, 2.05) is 30.3 Å². The van der Waals surface area contributed by atoms with Crippen molar-refractivity contribution < 1.29 is 15.2 Å². The Morgan fingerprint density at radius 3 is 2.35 bits per heavy atom. The van der Waals surface area contributed by atoms with Crippen molar-refractivity contribution in [3.8, 4) is 0 Å². The van der Waals surface area contributed by atoms with Gasteiger partial charge in [0.2, 0.25) is 0 Å². The molecule has 1 aromatic carbocycles. The average molecular weight is 232 g/mol. The number of carbonyl (C=O) groups excluding carboxylic acids is 1. The van der Waals surface area contributed by atoms with Crippen molar-refractivity contribution in [3.05, 3.63) is 35.9 Å². The lowest BCUT2D eigenvalue weighted by molar-refractivity contribution is -0.113. The Kier molecular flexibility index (Phi) is 3.18. The van der Waals surface area contributed by atoms with E-state index in [2.05, 4.69) is 10.3 Å². The van der Waals surface area contributed by atoms with Crippen LogP contribution in [0.25, 0.3) is 0 Å². The van der Waals surface area contributed by atoms with Crippen LogP contribution < -0.4 is 0 Å². The Balaban J connectivity index is 2.29. The monoisotopic (exact) mass is 232 g/mol. The lowest BCUT2D eigenvalue weighted by Gasteiger charge is -2.22. The fourth-order valence-corrected chi connectivity index (χ4v) is 2.05. The molecule has 17 heavy (non-hydrogen) atoms. The van der Waals surface area contributed by atoms with Gasteiger partial charge in [0.15, 0.2) is 11.5 Å². The summed E-state index contributed by atoms with van der Waals surface area (Å²) in [5.41, 5.74) is 1.01. The van der Waals surface area contributed by atoms with Gasteiger partial charge in [0.1, 0.15) is 5.71 Å². The zero-order chi connectivity index (χ0) is 12.3. The molecule has 2 rings (SSSR count). The molecule has 1 fully saturated rings. The van der Waals surface area contributed by atoms with Crippen LogP contribution in [0.1, 0.15) is 24.3 Å². The molecule has 0 aromatic heterocycles. The van der Waals surface area contributed by atoms with E-state index in [9.17, 15) is 4.79 Å². The lowest BCUT2D eigenvalue weighted by Crippen LogP contribution is -2.33. The quantitative estimate of drug-likeness (QED) is 0.572. The zero-order valence-electron chi connectivity index (χ0n) is 9.08. The largest absolute Gasteiger partial charge is 0.411 e. The van der Waals surface area contributed by atoms with Crippen molar-refractivity contribution in [2.45, 2.75) is 18.8 Å². The lowest BCUT2D eigenvalue weighted by atomic mass is 9.81. The van der Waals surface area contributed by atoms with Crippen molar-refractivity contribution >= 4 is 17.2 Å². The second-order valence-corrected chi connectivity index (χ2v) is 3.93. The van der Waals surface area contributed by atoms with Crippen molar-refractivity contribution in [2.75, 3.05) is 0 Å². The molecule has 1 saturated carbocycles. The van der Waals surface area contributed by atoms with E-state index in [4.69, 9.17) is 10.4 Å². The van der Waals surface area contributed by atoms with Crippen LogP contribution in [0, 0.1) is 0 Å². The molecule has 1 aromatic rings. The Morgan fingerprint density at radius 2 is 1.76 bits per heavy atom. The first-order valence-electron chi connectivity index (χ1n) is 5.27. The molecular weight excluding hydrogens is 220 g/mol. The van der Waals surface area contributed by atoms with Gasteiger partial charge in [-0.3, -0.25) is 4.79 Å². The summed E-state index contributed by atoms with van der Waals surface area (Å²) in [5.74, 6) is -0.333. The van der Waals surface area contributed by atoms with Crippen LogP contribution in [0.2, 0.25) is 0 Å². The maximum Gasteiger partial charge on any atom is 0.187 e. The normalized spacial score (nSPS) is 25.4. The summed E-state index contributed by atoms with van der Waals surface area (Å²) >= 11 is 0. The summed E-state index contributed by atoms with van der Waals surface area (Å²) in [6.45, 7) is 0. The predicted molar refractivity (Wildman–Crippen MR) is 61.9 cm³/mol. The molecule has 1 aliphatic carbocycles. The van der Waals surface area contributed by atoms with Crippen LogP contribution in [0.4, 0.5) is 0 Å². The third-order valence-electron chi connectivity index (χ3n) is 2.90. The Hall–Kier alpha value is -2.17. The van der Waals surface area contributed by atoms with Crippen LogP contribution >= 0.6 is 0 Å². The van der Waals surface area contributed by atoms with E-state index in [0.29, 0.717) is 6.42 Å². The van der Waals surface area contributed by atoms with Crippen molar-refractivity contribution in [3.63, 3.8) is 0 Å². The van der Waals surface area contributed by atoms with E-state index in [0.717, 1.165) is 5.56 Å². The highest BCUT2D eigenvalue weighted by Gasteiger charge is 2.32. The molecule has 0 amide bonds. The minimum Gasteiger partial charge on any atom is -0.411 e. The number of Topliss-reactive ketones (excluding diaryl/α,β-unsaturated/α-hetero) is 1. The highest BCUT2D eigenvalue weighted by molar-refractivity contribution is 6.68. The van der Waals surface area contributed by atoms with Crippen molar-refractivity contribution in [1.82, 2.24) is 0 Å². The topological polar surface area (TPSA) is 82.2 Å². The van der Waals surface area contributed by atoms with Gasteiger partial charge in [-0.1, -0.05) is 40.6 Å². The van der Waals surface area contributed by atoms with Crippen LogP contribution in [-0.4, -0.2) is 27.6 Å². The minimum absolute atomic E-state index is 0.0277. The second kappa shape index (κ2) is 4.78. The maximum atomic E-state index is 11.7. The minimum atomic E-state index is -0.305. The van der Waals surface area contributed by atoms with Gasteiger partial charge in [-0.05, 0) is 11.5 Å². The summed E-state index contributed by atoms with van der Waals surface area (Å²) in [4.78, 5) is 11.7. The van der Waals surface area contributed by atoms with E-state index in [1.54, 1.807) is 0 Å². The maximum absolute atomic E-state index is 11.7. The number of hydrogen-bond donors (Lipinski definition) is 2. The number of oxime groups is 2. The molecule has 0 saturated heterocycles. The van der Waals surface area contributed by atoms with E-state index < -0.39 is 0 Å². The Labute approximate surface area is 98.1 Å². The molecule has 0 spiro atoms. The molecule has 0 radical (unpaired) electrons. The zero-order valence-corrected chi connectivity index (χ0v) is 9.08. The Morgan fingerprint density at radius 1 is 1.06 bits per heavy atom. The first kappa shape index (κ1) is 11.3. The first-order valence-corrected chi connectivity index (χ1v) is 5.27. The SMILES string of the molecule is O=C1C[C@@H](c2ccccc2)CC(=NO)C1=NO. The van der Waals surface area contributed by atoms with Crippen LogP contribution in [-0.2, 0) is 4.79 Å². The van der Waals surface area contributed by atoms with Gasteiger partial charge in [-0.25, -0.2) is 0 Å². The summed E-state index contributed by atoms with van der Waals surface area (Å²) in [7, 11) is 0. The summed E-state index contributed by atoms with van der Waals surface area (Å²) in [6.07, 6.45) is 0.661. The number of nitrogens with zero attached hydrogens (tertiary/aromatic N) is 2. The fourth-order valence-electron chi connectivity index (χ4n) is 2.05. The number of carbonyl (C=O) groups is 1. The van der Waals surface area contributed by atoms with Crippen molar-refractivity contribution in [1.29, 1.82) is 0 Å². The Bertz CT molecular complexity index is 480. The second-order valence-electron chi connectivity index (χ2n) is 3.93. The smallest absolute Gasteiger partial charge is 0.187 e. The molecular formula is C12H12N2O3. The molecule has 1 aliphatic rings. The number of hydrogen-bond acceptors (Lipinski definition) is 5. The molecule has 0 bridgehead atoms. The van der Waals surface area contributed by atoms with Crippen molar-refractivity contribution in [2.24, 2.45) is 10.3 Å². The first-order chi connectivity index (χ1) is 8.26. The molecule has 0 aliphatic heterocycles. The average Bonchev–Trinajstić information content (AvgIpc) is 2.38. The van der Waals surface area contributed by atoms with Gasteiger partial charge in [0.05, 0.1) is 0 Å². The standard InChI is InChI=1S/C12H12N2O3/c15-11-7-9(8-4-2-1-3-5-8)6-10(13-16)12(11)14-17/h1-5,9,16-17H,6-7H2/t9-/m0/s1. The van der Waals surface area contributed by atoms with Gasteiger partial charge in [-0.2, -0.15) is 0 Å². The van der Waals surface area contributed by atoms with Gasteiger partial charge in [-0.15, -0.1) is 0 Å². The molecule has 0 unspecified atom stereocenters. The number of rotatable bonds is 1. The molecule has 88 valence electrons. The van der Waals surface area contributed by atoms with E-state index in [1.165, 1.54) is 0 Å². The third-order valence-corrected chi connectivity index (χ3v) is 2.90. The van der Waals surface area contributed by atoms with Gasteiger partial charge >= 0.3 is 0 Å². The third kappa shape index (κ3) is 2.18. The van der Waals surface area contributed by atoms with Gasteiger partial charge in [0, 0.05) is 12.8 Å². The molecule has 5 heteroatoms. The van der Waals surface area contributed by atoms with Crippen LogP contribution in [0.15, 0.2) is 40.6 Å². The number of ketones is 1. The number of benzene rings is 1. The molecule has 2 N–H and O–H groups in total. The molecule has 0 heterocycles. The van der Waals surface area contributed by atoms with Gasteiger partial charge in [0.25, 0.3) is 0 Å². The fraction of sp³-hybridized carbons (Fsp3) is 0.250. The highest BCUT2D eigenvalue weighted by Crippen LogP contribution is 2.28. The van der Waals surface area contributed by atoms with E-state index >= 15 is 0 Å². The van der Waals surface area contributed by atoms with Crippen LogP contribution in [0.3, 0.4) is 0 Å². The molecule has 1 atom stereocenters. The summed E-state index contributed by atoms with van der Waals surface area (Å²) in [5, 5.41) is 23.4. The summed E-state index contributed by atoms with van der Waals surface area (Å²) < 4.78 is 0. The van der Waals surface area contributed by atoms with Gasteiger partial charge < -0.3 is 10.4 Å². The predicted octanol–water partition coefficient (Wildman–Crippen LogP) is 1.79. The molecule has 5 nitrogen and oxygen atoms in total. The summed E-state index contributed by atoms with van der Waals surface area (Å²) in [6, 6.07) is 9.54. The van der Waals surface area contributed by atoms with E-state index in [-0.39, 0.29) is 29.5 Å². The highest BCUT2D eigenvalue weighted by atomic mass is 16.4. The van der Waals surface area contributed by atoms with Crippen LogP contribution in [0.5, 0.6) is 0 Å².